The van der Waals surface area contributed by atoms with Crippen LogP contribution in [0, 0.1) is 0 Å². The predicted molar refractivity (Wildman–Crippen MR) is 95.2 cm³/mol. The molecule has 1 aromatic carbocycles. The van der Waals surface area contributed by atoms with E-state index in [1.54, 1.807) is 12.5 Å². The molecule has 1 saturated heterocycles. The number of hydrogen-bond acceptors (Lipinski definition) is 5. The number of fused-ring (bicyclic) bond motifs is 1. The molecule has 2 N–H and O–H groups in total. The van der Waals surface area contributed by atoms with Crippen LogP contribution in [0.1, 0.15) is 24.4 Å². The molecule has 3 heterocycles. The summed E-state index contributed by atoms with van der Waals surface area (Å²) in [5.74, 6) is 0.796. The Kier molecular flexibility index (Phi) is 4.32. The van der Waals surface area contributed by atoms with Gasteiger partial charge in [0.25, 0.3) is 0 Å². The van der Waals surface area contributed by atoms with Crippen LogP contribution in [0.2, 0.25) is 5.02 Å². The maximum atomic E-state index is 6.46. The monoisotopic (exact) mass is 342 g/mol. The number of nitrogens with one attached hydrogen (secondary N) is 2. The summed E-state index contributed by atoms with van der Waals surface area (Å²) in [6.45, 7) is 2.94. The number of aromatic nitrogens is 4. The van der Waals surface area contributed by atoms with Gasteiger partial charge in [-0.05, 0) is 37.6 Å². The molecule has 3 aromatic rings. The van der Waals surface area contributed by atoms with E-state index in [9.17, 15) is 0 Å². The number of aromatic amines is 1. The zero-order chi connectivity index (χ0) is 16.4. The SMILES string of the molecule is Clc1ccccc1[C@@H](CNc1ncnc2[nH]ncc12)N1CCCC1. The van der Waals surface area contributed by atoms with E-state index < -0.39 is 0 Å². The van der Waals surface area contributed by atoms with Crippen molar-refractivity contribution in [2.45, 2.75) is 18.9 Å². The molecule has 1 atom stereocenters. The molecule has 0 spiro atoms. The van der Waals surface area contributed by atoms with Crippen molar-refractivity contribution in [1.29, 1.82) is 0 Å². The highest BCUT2D eigenvalue weighted by Crippen LogP contribution is 2.30. The summed E-state index contributed by atoms with van der Waals surface area (Å²) in [6.07, 6.45) is 5.77. The van der Waals surface area contributed by atoms with Gasteiger partial charge < -0.3 is 5.32 Å². The van der Waals surface area contributed by atoms with Crippen molar-refractivity contribution >= 4 is 28.5 Å². The zero-order valence-electron chi connectivity index (χ0n) is 13.2. The predicted octanol–water partition coefficient (Wildman–Crippen LogP) is 3.26. The number of hydrogen-bond donors (Lipinski definition) is 2. The molecule has 1 aliphatic heterocycles. The third-order valence-corrected chi connectivity index (χ3v) is 4.90. The minimum absolute atomic E-state index is 0.220. The standard InChI is InChI=1S/C17H19ClN6/c18-14-6-2-1-5-12(14)15(24-7-3-4-8-24)10-19-16-13-9-22-23-17(13)21-11-20-16/h1-2,5-6,9,11,15H,3-4,7-8,10H2,(H2,19,20,21,22,23)/t15-/m1/s1. The molecule has 1 aliphatic rings. The van der Waals surface area contributed by atoms with Crippen LogP contribution < -0.4 is 5.32 Å². The van der Waals surface area contributed by atoms with Gasteiger partial charge in [-0.1, -0.05) is 29.8 Å². The van der Waals surface area contributed by atoms with Crippen molar-refractivity contribution in [2.24, 2.45) is 0 Å². The van der Waals surface area contributed by atoms with E-state index in [2.05, 4.69) is 36.4 Å². The minimum Gasteiger partial charge on any atom is -0.367 e. The smallest absolute Gasteiger partial charge is 0.160 e. The molecule has 0 unspecified atom stereocenters. The lowest BCUT2D eigenvalue weighted by molar-refractivity contribution is 0.256. The van der Waals surface area contributed by atoms with Gasteiger partial charge in [-0.15, -0.1) is 0 Å². The highest BCUT2D eigenvalue weighted by molar-refractivity contribution is 6.31. The molecule has 6 nitrogen and oxygen atoms in total. The maximum absolute atomic E-state index is 6.46. The van der Waals surface area contributed by atoms with Crippen molar-refractivity contribution in [1.82, 2.24) is 25.1 Å². The van der Waals surface area contributed by atoms with Crippen molar-refractivity contribution in [3.05, 3.63) is 47.4 Å². The van der Waals surface area contributed by atoms with E-state index >= 15 is 0 Å². The second kappa shape index (κ2) is 6.75. The van der Waals surface area contributed by atoms with Gasteiger partial charge in [0.2, 0.25) is 0 Å². The van der Waals surface area contributed by atoms with Gasteiger partial charge in [-0.3, -0.25) is 10.00 Å². The molecule has 7 heteroatoms. The normalized spacial score (nSPS) is 16.5. The van der Waals surface area contributed by atoms with Gasteiger partial charge in [0.1, 0.15) is 12.1 Å². The number of benzene rings is 1. The summed E-state index contributed by atoms with van der Waals surface area (Å²) in [4.78, 5) is 11.0. The number of anilines is 1. The van der Waals surface area contributed by atoms with E-state index in [4.69, 9.17) is 11.6 Å². The highest BCUT2D eigenvalue weighted by atomic mass is 35.5. The van der Waals surface area contributed by atoms with E-state index in [0.29, 0.717) is 0 Å². The van der Waals surface area contributed by atoms with Crippen LogP contribution in [-0.4, -0.2) is 44.7 Å². The van der Waals surface area contributed by atoms with Crippen molar-refractivity contribution in [3.8, 4) is 0 Å². The second-order valence-corrected chi connectivity index (χ2v) is 6.42. The van der Waals surface area contributed by atoms with Crippen LogP contribution in [0.4, 0.5) is 5.82 Å². The first-order chi connectivity index (χ1) is 11.8. The Bertz CT molecular complexity index is 827. The Labute approximate surface area is 145 Å². The largest absolute Gasteiger partial charge is 0.367 e. The molecule has 124 valence electrons. The lowest BCUT2D eigenvalue weighted by Crippen LogP contribution is -2.31. The zero-order valence-corrected chi connectivity index (χ0v) is 14.0. The minimum atomic E-state index is 0.220. The fraction of sp³-hybridized carbons (Fsp3) is 0.353. The summed E-state index contributed by atoms with van der Waals surface area (Å²) in [5.41, 5.74) is 1.90. The molecule has 1 fully saturated rings. The topological polar surface area (TPSA) is 69.7 Å². The first-order valence-corrected chi connectivity index (χ1v) is 8.57. The Morgan fingerprint density at radius 1 is 1.21 bits per heavy atom. The summed E-state index contributed by atoms with van der Waals surface area (Å²) in [7, 11) is 0. The van der Waals surface area contributed by atoms with Crippen LogP contribution in [0.15, 0.2) is 36.8 Å². The van der Waals surface area contributed by atoms with Gasteiger partial charge in [-0.25, -0.2) is 9.97 Å². The van der Waals surface area contributed by atoms with Crippen LogP contribution >= 0.6 is 11.6 Å². The van der Waals surface area contributed by atoms with E-state index in [-0.39, 0.29) is 6.04 Å². The number of nitrogens with zero attached hydrogens (tertiary/aromatic N) is 4. The maximum Gasteiger partial charge on any atom is 0.160 e. The van der Waals surface area contributed by atoms with Gasteiger partial charge in [0.15, 0.2) is 5.65 Å². The number of rotatable bonds is 5. The highest BCUT2D eigenvalue weighted by Gasteiger charge is 2.25. The van der Waals surface area contributed by atoms with Gasteiger partial charge in [0, 0.05) is 11.6 Å². The van der Waals surface area contributed by atoms with E-state index in [0.717, 1.165) is 47.1 Å². The van der Waals surface area contributed by atoms with Crippen LogP contribution in [0.25, 0.3) is 11.0 Å². The first-order valence-electron chi connectivity index (χ1n) is 8.19. The fourth-order valence-electron chi connectivity index (χ4n) is 3.33. The molecule has 0 amide bonds. The van der Waals surface area contributed by atoms with Crippen LogP contribution in [-0.2, 0) is 0 Å². The molecule has 2 aromatic heterocycles. The van der Waals surface area contributed by atoms with E-state index in [1.807, 2.05) is 18.2 Å². The quantitative estimate of drug-likeness (QED) is 0.744. The molecule has 0 aliphatic carbocycles. The van der Waals surface area contributed by atoms with Gasteiger partial charge in [-0.2, -0.15) is 5.10 Å². The third kappa shape index (κ3) is 2.95. The summed E-state index contributed by atoms with van der Waals surface area (Å²) in [6, 6.07) is 8.31. The first kappa shape index (κ1) is 15.4. The van der Waals surface area contributed by atoms with Gasteiger partial charge >= 0.3 is 0 Å². The summed E-state index contributed by atoms with van der Waals surface area (Å²) >= 11 is 6.46. The average molecular weight is 343 g/mol. The molecular weight excluding hydrogens is 324 g/mol. The van der Waals surface area contributed by atoms with Crippen LogP contribution in [0.5, 0.6) is 0 Å². The molecule has 0 bridgehead atoms. The average Bonchev–Trinajstić information content (AvgIpc) is 3.28. The Morgan fingerprint density at radius 3 is 2.88 bits per heavy atom. The Morgan fingerprint density at radius 2 is 2.04 bits per heavy atom. The summed E-state index contributed by atoms with van der Waals surface area (Å²) in [5, 5.41) is 12.1. The second-order valence-electron chi connectivity index (χ2n) is 6.02. The van der Waals surface area contributed by atoms with Crippen LogP contribution in [0.3, 0.4) is 0 Å². The third-order valence-electron chi connectivity index (χ3n) is 4.56. The van der Waals surface area contributed by atoms with Gasteiger partial charge in [0.05, 0.1) is 17.6 Å². The Hall–Kier alpha value is -2.18. The molecule has 0 saturated carbocycles. The molecular formula is C17H19ClN6. The number of H-pyrrole nitrogens is 1. The molecule has 24 heavy (non-hydrogen) atoms. The molecule has 0 radical (unpaired) electrons. The number of halogens is 1. The summed E-state index contributed by atoms with van der Waals surface area (Å²) < 4.78 is 0. The van der Waals surface area contributed by atoms with Crippen molar-refractivity contribution in [2.75, 3.05) is 25.0 Å². The van der Waals surface area contributed by atoms with Crippen molar-refractivity contribution < 1.29 is 0 Å². The number of likely N-dealkylation sites (tertiary alicyclic amines) is 1. The Balaban J connectivity index is 1.60. The van der Waals surface area contributed by atoms with Crippen molar-refractivity contribution in [3.63, 3.8) is 0 Å². The lowest BCUT2D eigenvalue weighted by atomic mass is 10.1. The lowest BCUT2D eigenvalue weighted by Gasteiger charge is -2.29. The fourth-order valence-corrected chi connectivity index (χ4v) is 3.60. The molecule has 4 rings (SSSR count). The van der Waals surface area contributed by atoms with E-state index in [1.165, 1.54) is 12.8 Å².